The van der Waals surface area contributed by atoms with E-state index in [-0.39, 0.29) is 17.8 Å². The van der Waals surface area contributed by atoms with Gasteiger partial charge in [0, 0.05) is 17.6 Å². The Bertz CT molecular complexity index is 391. The normalized spacial score (nSPS) is 14.5. The summed E-state index contributed by atoms with van der Waals surface area (Å²) in [4.78, 5) is 0. The Labute approximate surface area is 110 Å². The summed E-state index contributed by atoms with van der Waals surface area (Å²) in [6.07, 6.45) is 0.887. The highest BCUT2D eigenvalue weighted by molar-refractivity contribution is 9.10. The van der Waals surface area contributed by atoms with Gasteiger partial charge in [0.05, 0.1) is 11.1 Å². The molecule has 0 bridgehead atoms. The molecule has 1 aromatic rings. The Kier molecular flexibility index (Phi) is 4.95. The fraction of sp³-hybridized carbons (Fsp3) is 0.538. The lowest BCUT2D eigenvalue weighted by Crippen LogP contribution is -2.29. The summed E-state index contributed by atoms with van der Waals surface area (Å²) in [5, 5.41) is 12.6. The monoisotopic (exact) mass is 303 g/mol. The maximum absolute atomic E-state index is 13.3. The number of hydrogen-bond donors (Lipinski definition) is 2. The second kappa shape index (κ2) is 5.83. The zero-order chi connectivity index (χ0) is 13.1. The third-order valence-electron chi connectivity index (χ3n) is 3.21. The molecule has 0 aliphatic carbocycles. The predicted octanol–water partition coefficient (Wildman–Crippen LogP) is 3.72. The summed E-state index contributed by atoms with van der Waals surface area (Å²) in [6, 6.07) is 3.23. The highest BCUT2D eigenvalue weighted by atomic mass is 79.9. The van der Waals surface area contributed by atoms with E-state index in [1.165, 1.54) is 6.07 Å². The van der Waals surface area contributed by atoms with E-state index in [2.05, 4.69) is 21.2 Å². The maximum atomic E-state index is 13.3. The van der Waals surface area contributed by atoms with Gasteiger partial charge in [0.25, 0.3) is 0 Å². The first-order valence-corrected chi connectivity index (χ1v) is 6.51. The fourth-order valence-electron chi connectivity index (χ4n) is 1.44. The van der Waals surface area contributed by atoms with Crippen molar-refractivity contribution >= 4 is 21.6 Å². The Morgan fingerprint density at radius 1 is 1.47 bits per heavy atom. The van der Waals surface area contributed by atoms with E-state index < -0.39 is 0 Å². The van der Waals surface area contributed by atoms with E-state index >= 15 is 0 Å². The van der Waals surface area contributed by atoms with Crippen LogP contribution >= 0.6 is 15.9 Å². The maximum Gasteiger partial charge on any atom is 0.137 e. The van der Waals surface area contributed by atoms with Gasteiger partial charge in [0.1, 0.15) is 5.82 Å². The molecule has 96 valence electrons. The summed E-state index contributed by atoms with van der Waals surface area (Å²) >= 11 is 3.17. The van der Waals surface area contributed by atoms with Crippen LogP contribution in [-0.2, 0) is 0 Å². The molecule has 2 nitrogen and oxygen atoms in total. The minimum atomic E-state index is -0.256. The highest BCUT2D eigenvalue weighted by Gasteiger charge is 2.20. The third-order valence-corrected chi connectivity index (χ3v) is 3.82. The van der Waals surface area contributed by atoms with Crippen LogP contribution in [0.5, 0.6) is 0 Å². The Morgan fingerprint density at radius 3 is 2.65 bits per heavy atom. The van der Waals surface area contributed by atoms with Crippen LogP contribution < -0.4 is 5.32 Å². The van der Waals surface area contributed by atoms with Gasteiger partial charge in [-0.1, -0.05) is 13.8 Å². The number of aliphatic hydroxyl groups is 1. The molecule has 0 saturated heterocycles. The van der Waals surface area contributed by atoms with Crippen molar-refractivity contribution in [2.24, 2.45) is 5.41 Å². The van der Waals surface area contributed by atoms with Crippen LogP contribution in [-0.4, -0.2) is 18.3 Å². The zero-order valence-electron chi connectivity index (χ0n) is 10.5. The number of anilines is 1. The molecule has 0 amide bonds. The molecular weight excluding hydrogens is 285 g/mol. The summed E-state index contributed by atoms with van der Waals surface area (Å²) in [5.74, 6) is -0.256. The van der Waals surface area contributed by atoms with Crippen molar-refractivity contribution in [2.75, 3.05) is 18.5 Å². The van der Waals surface area contributed by atoms with Gasteiger partial charge >= 0.3 is 0 Å². The van der Waals surface area contributed by atoms with E-state index in [1.54, 1.807) is 6.07 Å². The zero-order valence-corrected chi connectivity index (χ0v) is 12.1. The van der Waals surface area contributed by atoms with Crippen LogP contribution in [0.1, 0.15) is 25.8 Å². The van der Waals surface area contributed by atoms with Crippen LogP contribution in [0.2, 0.25) is 0 Å². The van der Waals surface area contributed by atoms with Gasteiger partial charge in [-0.2, -0.15) is 0 Å². The first-order valence-electron chi connectivity index (χ1n) is 5.72. The lowest BCUT2D eigenvalue weighted by atomic mass is 9.88. The van der Waals surface area contributed by atoms with Crippen LogP contribution in [0.15, 0.2) is 16.6 Å². The number of aryl methyl sites for hydroxylation is 1. The second-order valence-corrected chi connectivity index (χ2v) is 5.61. The smallest absolute Gasteiger partial charge is 0.137 e. The average molecular weight is 304 g/mol. The van der Waals surface area contributed by atoms with Crippen molar-refractivity contribution in [2.45, 2.75) is 27.2 Å². The molecule has 1 unspecified atom stereocenters. The van der Waals surface area contributed by atoms with Crippen molar-refractivity contribution in [3.8, 4) is 0 Å². The average Bonchev–Trinajstić information content (AvgIpc) is 2.32. The molecule has 0 fully saturated rings. The molecule has 17 heavy (non-hydrogen) atoms. The lowest BCUT2D eigenvalue weighted by Gasteiger charge is -2.27. The molecule has 0 spiro atoms. The van der Waals surface area contributed by atoms with E-state index in [9.17, 15) is 9.50 Å². The van der Waals surface area contributed by atoms with Gasteiger partial charge in [-0.05, 0) is 47.0 Å². The minimum absolute atomic E-state index is 0.137. The molecular formula is C13H19BrFNO. The number of hydrogen-bond acceptors (Lipinski definition) is 2. The summed E-state index contributed by atoms with van der Waals surface area (Å²) in [7, 11) is 0. The number of nitrogens with one attached hydrogen (secondary N) is 1. The number of aliphatic hydroxyl groups excluding tert-OH is 1. The fourth-order valence-corrected chi connectivity index (χ4v) is 1.78. The first-order chi connectivity index (χ1) is 7.91. The topological polar surface area (TPSA) is 32.3 Å². The van der Waals surface area contributed by atoms with Gasteiger partial charge < -0.3 is 10.4 Å². The predicted molar refractivity (Wildman–Crippen MR) is 72.8 cm³/mol. The van der Waals surface area contributed by atoms with Crippen LogP contribution in [0.4, 0.5) is 10.1 Å². The summed E-state index contributed by atoms with van der Waals surface area (Å²) in [6.45, 7) is 6.73. The van der Waals surface area contributed by atoms with Crippen molar-refractivity contribution in [3.05, 3.63) is 28.0 Å². The molecule has 0 aliphatic rings. The molecule has 0 aliphatic heterocycles. The number of benzene rings is 1. The molecule has 0 heterocycles. The Balaban J connectivity index is 2.79. The molecule has 4 heteroatoms. The molecule has 0 saturated carbocycles. The Hall–Kier alpha value is -0.610. The van der Waals surface area contributed by atoms with Gasteiger partial charge in [-0.15, -0.1) is 0 Å². The molecule has 2 N–H and O–H groups in total. The van der Waals surface area contributed by atoms with Gasteiger partial charge in [0.2, 0.25) is 0 Å². The highest BCUT2D eigenvalue weighted by Crippen LogP contribution is 2.26. The van der Waals surface area contributed by atoms with Crippen LogP contribution in [0.3, 0.4) is 0 Å². The van der Waals surface area contributed by atoms with Crippen molar-refractivity contribution < 1.29 is 9.50 Å². The standard InChI is InChI=1S/C13H19BrFNO/c1-4-13(3,8-17)7-16-12-6-10(14)11(15)5-9(12)2/h5-6,16-17H,4,7-8H2,1-3H3. The summed E-state index contributed by atoms with van der Waals surface area (Å²) < 4.78 is 13.7. The quantitative estimate of drug-likeness (QED) is 0.869. The Morgan fingerprint density at radius 2 is 2.12 bits per heavy atom. The van der Waals surface area contributed by atoms with Crippen molar-refractivity contribution in [1.82, 2.24) is 0 Å². The SMILES string of the molecule is CCC(C)(CO)CNc1cc(Br)c(F)cc1C. The molecule has 0 radical (unpaired) electrons. The van der Waals surface area contributed by atoms with Crippen molar-refractivity contribution in [1.29, 1.82) is 0 Å². The largest absolute Gasteiger partial charge is 0.396 e. The minimum Gasteiger partial charge on any atom is -0.396 e. The lowest BCUT2D eigenvalue weighted by molar-refractivity contribution is 0.149. The van der Waals surface area contributed by atoms with Gasteiger partial charge in [0.15, 0.2) is 0 Å². The van der Waals surface area contributed by atoms with Crippen molar-refractivity contribution in [3.63, 3.8) is 0 Å². The van der Waals surface area contributed by atoms with E-state index in [1.807, 2.05) is 20.8 Å². The summed E-state index contributed by atoms with van der Waals surface area (Å²) in [5.41, 5.74) is 1.61. The van der Waals surface area contributed by atoms with E-state index in [0.29, 0.717) is 11.0 Å². The number of halogens is 2. The van der Waals surface area contributed by atoms with E-state index in [0.717, 1.165) is 17.7 Å². The van der Waals surface area contributed by atoms with Crippen LogP contribution in [0, 0.1) is 18.2 Å². The second-order valence-electron chi connectivity index (χ2n) is 4.76. The van der Waals surface area contributed by atoms with E-state index in [4.69, 9.17) is 0 Å². The number of rotatable bonds is 5. The first kappa shape index (κ1) is 14.5. The molecule has 1 rings (SSSR count). The molecule has 0 aromatic heterocycles. The van der Waals surface area contributed by atoms with Gasteiger partial charge in [-0.3, -0.25) is 0 Å². The van der Waals surface area contributed by atoms with Gasteiger partial charge in [-0.25, -0.2) is 4.39 Å². The van der Waals surface area contributed by atoms with Crippen LogP contribution in [0.25, 0.3) is 0 Å². The third kappa shape index (κ3) is 3.68. The molecule has 1 aromatic carbocycles. The molecule has 1 atom stereocenters.